The Morgan fingerprint density at radius 1 is 1.05 bits per heavy atom. The van der Waals surface area contributed by atoms with Crippen molar-refractivity contribution in [1.82, 2.24) is 4.98 Å². The zero-order valence-corrected chi connectivity index (χ0v) is 11.7. The summed E-state index contributed by atoms with van der Waals surface area (Å²) in [5, 5.41) is 0. The number of aromatic nitrogens is 1. The number of hydrogen-bond acceptors (Lipinski definition) is 2. The second-order valence-electron chi connectivity index (χ2n) is 6.13. The molecule has 0 unspecified atom stereocenters. The lowest BCUT2D eigenvalue weighted by Crippen LogP contribution is -2.12. The molecule has 1 aromatic heterocycles. The lowest BCUT2D eigenvalue weighted by Gasteiger charge is -2.20. The third kappa shape index (κ3) is 2.35. The van der Waals surface area contributed by atoms with Crippen LogP contribution in [0.2, 0.25) is 0 Å². The highest BCUT2D eigenvalue weighted by Gasteiger charge is 2.20. The minimum atomic E-state index is 0.0945. The number of ether oxygens (including phenoxy) is 1. The van der Waals surface area contributed by atoms with Crippen molar-refractivity contribution in [2.24, 2.45) is 0 Å². The van der Waals surface area contributed by atoms with Crippen LogP contribution in [0.25, 0.3) is 0 Å². The molecular weight excluding hydrogens is 234 g/mol. The van der Waals surface area contributed by atoms with Gasteiger partial charge in [0.1, 0.15) is 11.5 Å². The van der Waals surface area contributed by atoms with Crippen molar-refractivity contribution in [2.75, 3.05) is 0 Å². The van der Waals surface area contributed by atoms with E-state index in [0.29, 0.717) is 0 Å². The second-order valence-corrected chi connectivity index (χ2v) is 6.13. The van der Waals surface area contributed by atoms with E-state index in [2.05, 4.69) is 44.0 Å². The Hall–Kier alpha value is -1.83. The number of aryl methyl sites for hydroxylation is 2. The molecule has 2 aromatic rings. The molecule has 3 rings (SSSR count). The van der Waals surface area contributed by atoms with Crippen molar-refractivity contribution >= 4 is 0 Å². The van der Waals surface area contributed by atoms with Gasteiger partial charge in [-0.2, -0.15) is 0 Å². The lowest BCUT2D eigenvalue weighted by molar-refractivity contribution is 0.471. The summed E-state index contributed by atoms with van der Waals surface area (Å²) in [6.45, 7) is 6.59. The molecule has 2 heterocycles. The maximum absolute atomic E-state index is 6.08. The molecular formula is C17H19NO. The van der Waals surface area contributed by atoms with Crippen LogP contribution in [0, 0.1) is 0 Å². The van der Waals surface area contributed by atoms with Gasteiger partial charge in [-0.05, 0) is 41.5 Å². The van der Waals surface area contributed by atoms with Crippen molar-refractivity contribution < 1.29 is 4.74 Å². The van der Waals surface area contributed by atoms with Crippen LogP contribution >= 0.6 is 0 Å². The summed E-state index contributed by atoms with van der Waals surface area (Å²) in [7, 11) is 0. The minimum Gasteiger partial charge on any atom is -0.455 e. The molecule has 0 radical (unpaired) electrons. The zero-order valence-electron chi connectivity index (χ0n) is 11.7. The topological polar surface area (TPSA) is 22.1 Å². The molecule has 0 N–H and O–H groups in total. The molecule has 0 spiro atoms. The molecule has 0 amide bonds. The van der Waals surface area contributed by atoms with Gasteiger partial charge in [-0.3, -0.25) is 4.98 Å². The van der Waals surface area contributed by atoms with Gasteiger partial charge in [-0.25, -0.2) is 0 Å². The highest BCUT2D eigenvalue weighted by Crippen LogP contribution is 2.35. The Balaban J connectivity index is 2.05. The van der Waals surface area contributed by atoms with Crippen molar-refractivity contribution in [3.8, 4) is 11.5 Å². The first kappa shape index (κ1) is 12.2. The molecule has 1 aliphatic heterocycles. The van der Waals surface area contributed by atoms with Gasteiger partial charge >= 0.3 is 0 Å². The Labute approximate surface area is 114 Å². The summed E-state index contributed by atoms with van der Waals surface area (Å²) < 4.78 is 6.08. The van der Waals surface area contributed by atoms with Gasteiger partial charge in [-0.1, -0.05) is 39.0 Å². The largest absolute Gasteiger partial charge is 0.455 e. The smallest absolute Gasteiger partial charge is 0.149 e. The van der Waals surface area contributed by atoms with Gasteiger partial charge in [0.25, 0.3) is 0 Å². The van der Waals surface area contributed by atoms with Crippen LogP contribution < -0.4 is 4.74 Å². The van der Waals surface area contributed by atoms with E-state index in [-0.39, 0.29) is 5.41 Å². The standard InChI is InChI=1S/C17H19NO/c1-17(2,3)13-10-16-14(18-11-13)9-8-12-6-4-5-7-15(12)19-16/h4-7,10-11H,8-9H2,1-3H3. The predicted molar refractivity (Wildman–Crippen MR) is 76.9 cm³/mol. The van der Waals surface area contributed by atoms with Crippen molar-refractivity contribution in [1.29, 1.82) is 0 Å². The summed E-state index contributed by atoms with van der Waals surface area (Å²) in [6, 6.07) is 10.4. The highest BCUT2D eigenvalue weighted by atomic mass is 16.5. The van der Waals surface area contributed by atoms with E-state index in [4.69, 9.17) is 4.74 Å². The van der Waals surface area contributed by atoms with E-state index in [9.17, 15) is 0 Å². The van der Waals surface area contributed by atoms with Crippen LogP contribution in [-0.2, 0) is 18.3 Å². The second kappa shape index (κ2) is 4.37. The predicted octanol–water partition coefficient (Wildman–Crippen LogP) is 4.27. The van der Waals surface area contributed by atoms with E-state index in [0.717, 1.165) is 30.0 Å². The average molecular weight is 253 g/mol. The normalized spacial score (nSPS) is 14.1. The number of para-hydroxylation sites is 1. The van der Waals surface area contributed by atoms with E-state index in [1.807, 2.05) is 18.3 Å². The molecule has 0 fully saturated rings. The summed E-state index contributed by atoms with van der Waals surface area (Å²) >= 11 is 0. The Morgan fingerprint density at radius 3 is 2.63 bits per heavy atom. The first-order valence-electron chi connectivity index (χ1n) is 6.79. The number of rotatable bonds is 0. The van der Waals surface area contributed by atoms with Crippen LogP contribution in [-0.4, -0.2) is 4.98 Å². The number of pyridine rings is 1. The molecule has 0 aliphatic carbocycles. The number of hydrogen-bond donors (Lipinski definition) is 0. The maximum Gasteiger partial charge on any atom is 0.149 e. The summed E-state index contributed by atoms with van der Waals surface area (Å²) in [4.78, 5) is 4.60. The fraction of sp³-hybridized carbons (Fsp3) is 0.353. The highest BCUT2D eigenvalue weighted by molar-refractivity contribution is 5.44. The van der Waals surface area contributed by atoms with Gasteiger partial charge in [-0.15, -0.1) is 0 Å². The molecule has 0 saturated carbocycles. The van der Waals surface area contributed by atoms with Gasteiger partial charge < -0.3 is 4.74 Å². The summed E-state index contributed by atoms with van der Waals surface area (Å²) in [5.74, 6) is 1.88. The van der Waals surface area contributed by atoms with Crippen molar-refractivity contribution in [3.63, 3.8) is 0 Å². The van der Waals surface area contributed by atoms with Crippen LogP contribution in [0.15, 0.2) is 36.5 Å². The Morgan fingerprint density at radius 2 is 1.84 bits per heavy atom. The first-order valence-corrected chi connectivity index (χ1v) is 6.79. The average Bonchev–Trinajstić information content (AvgIpc) is 2.55. The first-order chi connectivity index (χ1) is 9.04. The van der Waals surface area contributed by atoms with Gasteiger partial charge in [0.05, 0.1) is 5.69 Å². The molecule has 2 nitrogen and oxygen atoms in total. The fourth-order valence-electron chi connectivity index (χ4n) is 2.34. The van der Waals surface area contributed by atoms with Crippen molar-refractivity contribution in [3.05, 3.63) is 53.3 Å². The van der Waals surface area contributed by atoms with Crippen LogP contribution in [0.5, 0.6) is 11.5 Å². The SMILES string of the molecule is CC(C)(C)c1cnc2c(c1)Oc1ccccc1CC2. The monoisotopic (exact) mass is 253 g/mol. The zero-order chi connectivity index (χ0) is 13.5. The third-order valence-corrected chi connectivity index (χ3v) is 3.62. The van der Waals surface area contributed by atoms with Crippen molar-refractivity contribution in [2.45, 2.75) is 39.0 Å². The number of nitrogens with zero attached hydrogens (tertiary/aromatic N) is 1. The lowest BCUT2D eigenvalue weighted by atomic mass is 9.88. The number of benzene rings is 1. The Kier molecular flexibility index (Phi) is 2.81. The molecule has 0 bridgehead atoms. The van der Waals surface area contributed by atoms with Gasteiger partial charge in [0.2, 0.25) is 0 Å². The molecule has 1 aromatic carbocycles. The maximum atomic E-state index is 6.08. The van der Waals surface area contributed by atoms with E-state index in [1.165, 1.54) is 11.1 Å². The van der Waals surface area contributed by atoms with E-state index < -0.39 is 0 Å². The van der Waals surface area contributed by atoms with Crippen LogP contribution in [0.3, 0.4) is 0 Å². The summed E-state index contributed by atoms with van der Waals surface area (Å²) in [5.41, 5.74) is 3.63. The molecule has 2 heteroatoms. The molecule has 98 valence electrons. The molecule has 1 aliphatic rings. The summed E-state index contributed by atoms with van der Waals surface area (Å²) in [6.07, 6.45) is 3.92. The minimum absolute atomic E-state index is 0.0945. The molecule has 0 saturated heterocycles. The quantitative estimate of drug-likeness (QED) is 0.699. The van der Waals surface area contributed by atoms with Gasteiger partial charge in [0.15, 0.2) is 0 Å². The fourth-order valence-corrected chi connectivity index (χ4v) is 2.34. The van der Waals surface area contributed by atoms with Crippen LogP contribution in [0.4, 0.5) is 0 Å². The molecule has 19 heavy (non-hydrogen) atoms. The van der Waals surface area contributed by atoms with E-state index in [1.54, 1.807) is 0 Å². The third-order valence-electron chi connectivity index (χ3n) is 3.62. The number of fused-ring (bicyclic) bond motifs is 2. The van der Waals surface area contributed by atoms with Gasteiger partial charge in [0, 0.05) is 6.20 Å². The molecule has 0 atom stereocenters. The van der Waals surface area contributed by atoms with Crippen LogP contribution in [0.1, 0.15) is 37.6 Å². The van der Waals surface area contributed by atoms with E-state index >= 15 is 0 Å². The Bertz CT molecular complexity index is 611.